The molecule has 0 bridgehead atoms. The van der Waals surface area contributed by atoms with E-state index in [1.54, 1.807) is 17.4 Å². The van der Waals surface area contributed by atoms with Gasteiger partial charge in [0.05, 0.1) is 5.69 Å². The van der Waals surface area contributed by atoms with Crippen molar-refractivity contribution in [3.05, 3.63) is 88.6 Å². The van der Waals surface area contributed by atoms with Gasteiger partial charge in [0.2, 0.25) is 11.8 Å². The predicted octanol–water partition coefficient (Wildman–Crippen LogP) is 1.91. The van der Waals surface area contributed by atoms with Crippen molar-refractivity contribution in [1.82, 2.24) is 26.7 Å². The maximum atomic E-state index is 13.1. The van der Waals surface area contributed by atoms with E-state index in [4.69, 9.17) is 11.6 Å². The van der Waals surface area contributed by atoms with Gasteiger partial charge in [-0.05, 0) is 41.8 Å². The highest BCUT2D eigenvalue weighted by atomic mass is 35.5. The van der Waals surface area contributed by atoms with Crippen molar-refractivity contribution in [2.24, 2.45) is 5.10 Å². The van der Waals surface area contributed by atoms with E-state index in [-0.39, 0.29) is 17.4 Å². The van der Waals surface area contributed by atoms with Gasteiger partial charge in [-0.3, -0.25) is 9.59 Å². The van der Waals surface area contributed by atoms with E-state index < -0.39 is 11.9 Å². The number of hydrazine groups is 2. The molecule has 2 heterocycles. The molecule has 1 atom stereocenters. The molecular formula is C24H24ClN7O3. The van der Waals surface area contributed by atoms with Crippen LogP contribution in [0.5, 0.6) is 5.88 Å². The lowest BCUT2D eigenvalue weighted by Gasteiger charge is -2.20. The van der Waals surface area contributed by atoms with Crippen LogP contribution in [-0.4, -0.2) is 40.8 Å². The fourth-order valence-electron chi connectivity index (χ4n) is 3.61. The third-order valence-electron chi connectivity index (χ3n) is 5.32. The van der Waals surface area contributed by atoms with Crippen LogP contribution in [0.15, 0.2) is 72.0 Å². The normalized spacial score (nSPS) is 13.2. The van der Waals surface area contributed by atoms with Crippen molar-refractivity contribution < 1.29 is 14.7 Å². The molecule has 0 unspecified atom stereocenters. The first-order chi connectivity index (χ1) is 17.0. The number of nitrogens with one attached hydrogen (secondary N) is 4. The van der Waals surface area contributed by atoms with Crippen LogP contribution >= 0.6 is 11.6 Å². The predicted molar refractivity (Wildman–Crippen MR) is 133 cm³/mol. The first-order valence-corrected chi connectivity index (χ1v) is 11.3. The third-order valence-corrected chi connectivity index (χ3v) is 5.55. The summed E-state index contributed by atoms with van der Waals surface area (Å²) in [5.41, 5.74) is 8.37. The number of aromatic hydroxyl groups is 1. The maximum absolute atomic E-state index is 13.1. The fourth-order valence-corrected chi connectivity index (χ4v) is 3.81. The molecule has 2 aromatic carbocycles. The molecule has 11 heteroatoms. The minimum atomic E-state index is -0.823. The lowest BCUT2D eigenvalue weighted by Crippen LogP contribution is -2.48. The molecule has 0 aliphatic carbocycles. The largest absolute Gasteiger partial charge is 0.493 e. The van der Waals surface area contributed by atoms with Crippen molar-refractivity contribution in [1.29, 1.82) is 0 Å². The van der Waals surface area contributed by atoms with Crippen LogP contribution in [0.3, 0.4) is 0 Å². The van der Waals surface area contributed by atoms with Crippen LogP contribution in [0.1, 0.15) is 21.5 Å². The number of carbonyl (C=O) groups excluding carboxylic acids is 2. The Hall–Kier alpha value is -4.15. The van der Waals surface area contributed by atoms with Crippen LogP contribution in [0, 0.1) is 0 Å². The summed E-state index contributed by atoms with van der Waals surface area (Å²) in [6, 6.07) is 16.8. The molecule has 0 saturated heterocycles. The van der Waals surface area contributed by atoms with Gasteiger partial charge in [0.15, 0.2) is 0 Å². The SMILES string of the molecule is O=C(N[C@@H](Cc1ccccc1)C(=O)NCCc1cc(Cl)ccc1N1C=NNN1)c1ccnc(O)c1. The average Bonchev–Trinajstić information content (AvgIpc) is 3.39. The van der Waals surface area contributed by atoms with Crippen LogP contribution in [0.2, 0.25) is 5.02 Å². The standard InChI is InChI=1S/C24H24ClN7O3/c25-19-6-7-21(32-15-28-30-31-32)17(13-19)8-11-27-24(35)20(12-16-4-2-1-3-5-16)29-23(34)18-9-10-26-22(33)14-18/h1-7,9-10,13-15,20,30-31H,8,11-12H2,(H,26,33)(H,27,35)(H,29,34)/t20-/m0/s1. The Balaban J connectivity index is 1.44. The smallest absolute Gasteiger partial charge is 0.252 e. The maximum Gasteiger partial charge on any atom is 0.252 e. The van der Waals surface area contributed by atoms with E-state index in [1.807, 2.05) is 42.5 Å². The Bertz CT molecular complexity index is 1220. The van der Waals surface area contributed by atoms with Gasteiger partial charge in [-0.15, -0.1) is 5.53 Å². The van der Waals surface area contributed by atoms with Gasteiger partial charge in [0.1, 0.15) is 12.4 Å². The highest BCUT2D eigenvalue weighted by Crippen LogP contribution is 2.23. The van der Waals surface area contributed by atoms with Gasteiger partial charge in [-0.1, -0.05) is 41.9 Å². The molecule has 2 amide bonds. The Morgan fingerprint density at radius 1 is 1.11 bits per heavy atom. The summed E-state index contributed by atoms with van der Waals surface area (Å²) < 4.78 is 0. The van der Waals surface area contributed by atoms with Crippen molar-refractivity contribution >= 4 is 35.4 Å². The number of pyridine rings is 1. The molecule has 4 rings (SSSR count). The lowest BCUT2D eigenvalue weighted by atomic mass is 10.0. The molecule has 35 heavy (non-hydrogen) atoms. The molecule has 0 spiro atoms. The Morgan fingerprint density at radius 2 is 1.94 bits per heavy atom. The van der Waals surface area contributed by atoms with Crippen LogP contribution in [0.25, 0.3) is 0 Å². The van der Waals surface area contributed by atoms with E-state index in [0.717, 1.165) is 16.8 Å². The quantitative estimate of drug-likeness (QED) is 0.308. The highest BCUT2D eigenvalue weighted by molar-refractivity contribution is 6.30. The number of amides is 2. The molecule has 180 valence electrons. The number of aromatic nitrogens is 1. The minimum absolute atomic E-state index is 0.209. The van der Waals surface area contributed by atoms with E-state index in [0.29, 0.717) is 24.4 Å². The zero-order valence-corrected chi connectivity index (χ0v) is 19.4. The van der Waals surface area contributed by atoms with E-state index in [1.165, 1.54) is 18.3 Å². The zero-order chi connectivity index (χ0) is 24.6. The second kappa shape index (κ2) is 11.3. The first-order valence-electron chi connectivity index (χ1n) is 10.9. The number of benzene rings is 2. The van der Waals surface area contributed by atoms with E-state index >= 15 is 0 Å². The molecule has 5 N–H and O–H groups in total. The second-order valence-electron chi connectivity index (χ2n) is 7.77. The molecule has 0 saturated carbocycles. The number of hydrazone groups is 1. The number of halogens is 1. The molecule has 0 radical (unpaired) electrons. The average molecular weight is 494 g/mol. The van der Waals surface area contributed by atoms with Gasteiger partial charge in [-0.2, -0.15) is 5.10 Å². The lowest BCUT2D eigenvalue weighted by molar-refractivity contribution is -0.122. The summed E-state index contributed by atoms with van der Waals surface area (Å²) in [6.07, 6.45) is 3.72. The third kappa shape index (κ3) is 6.46. The molecule has 1 aromatic heterocycles. The van der Waals surface area contributed by atoms with E-state index in [9.17, 15) is 14.7 Å². The van der Waals surface area contributed by atoms with Gasteiger partial charge in [0, 0.05) is 35.8 Å². The summed E-state index contributed by atoms with van der Waals surface area (Å²) in [5, 5.41) is 21.5. The summed E-state index contributed by atoms with van der Waals surface area (Å²) in [7, 11) is 0. The topological polar surface area (TPSA) is 131 Å². The van der Waals surface area contributed by atoms with Crippen molar-refractivity contribution in [2.75, 3.05) is 11.6 Å². The van der Waals surface area contributed by atoms with E-state index in [2.05, 4.69) is 31.8 Å². The minimum Gasteiger partial charge on any atom is -0.493 e. The molecule has 10 nitrogen and oxygen atoms in total. The molecule has 0 fully saturated rings. The molecule has 1 aliphatic heterocycles. The number of carbonyl (C=O) groups is 2. The zero-order valence-electron chi connectivity index (χ0n) is 18.6. The van der Waals surface area contributed by atoms with Crippen LogP contribution in [-0.2, 0) is 17.6 Å². The summed E-state index contributed by atoms with van der Waals surface area (Å²) in [4.78, 5) is 29.5. The molecular weight excluding hydrogens is 470 g/mol. The summed E-state index contributed by atoms with van der Waals surface area (Å²) >= 11 is 6.19. The Labute approximate surface area is 206 Å². The Kier molecular flexibility index (Phi) is 7.76. The second-order valence-corrected chi connectivity index (χ2v) is 8.21. The summed E-state index contributed by atoms with van der Waals surface area (Å²) in [6.45, 7) is 0.321. The van der Waals surface area contributed by atoms with Crippen molar-refractivity contribution in [3.63, 3.8) is 0 Å². The number of hydrogen-bond donors (Lipinski definition) is 5. The first kappa shape index (κ1) is 24.0. The fraction of sp³-hybridized carbons (Fsp3) is 0.167. The highest BCUT2D eigenvalue weighted by Gasteiger charge is 2.22. The van der Waals surface area contributed by atoms with Crippen LogP contribution in [0.4, 0.5) is 5.69 Å². The molecule has 3 aromatic rings. The number of anilines is 1. The molecule has 1 aliphatic rings. The monoisotopic (exact) mass is 493 g/mol. The van der Waals surface area contributed by atoms with Gasteiger partial charge < -0.3 is 15.7 Å². The summed E-state index contributed by atoms with van der Waals surface area (Å²) in [5.74, 6) is -1.08. The van der Waals surface area contributed by atoms with Crippen LogP contribution < -0.4 is 26.7 Å². The number of nitrogens with zero attached hydrogens (tertiary/aromatic N) is 3. The van der Waals surface area contributed by atoms with Crippen molar-refractivity contribution in [2.45, 2.75) is 18.9 Å². The van der Waals surface area contributed by atoms with Gasteiger partial charge in [-0.25, -0.2) is 15.5 Å². The number of hydrogen-bond acceptors (Lipinski definition) is 8. The number of rotatable bonds is 9. The van der Waals surface area contributed by atoms with Crippen molar-refractivity contribution in [3.8, 4) is 5.88 Å². The van der Waals surface area contributed by atoms with Gasteiger partial charge in [0.25, 0.3) is 5.91 Å². The Morgan fingerprint density at radius 3 is 2.69 bits per heavy atom. The van der Waals surface area contributed by atoms with Gasteiger partial charge >= 0.3 is 0 Å².